The van der Waals surface area contributed by atoms with E-state index in [-0.39, 0.29) is 17.9 Å². The van der Waals surface area contributed by atoms with Crippen molar-refractivity contribution in [1.82, 2.24) is 5.32 Å². The van der Waals surface area contributed by atoms with Gasteiger partial charge in [-0.25, -0.2) is 0 Å². The van der Waals surface area contributed by atoms with Crippen molar-refractivity contribution in [3.63, 3.8) is 0 Å². The third-order valence-electron chi connectivity index (χ3n) is 3.52. The lowest BCUT2D eigenvalue weighted by Crippen LogP contribution is -2.35. The van der Waals surface area contributed by atoms with Crippen LogP contribution in [0.4, 0.5) is 5.69 Å². The Morgan fingerprint density at radius 3 is 2.43 bits per heavy atom. The van der Waals surface area contributed by atoms with Crippen molar-refractivity contribution in [2.75, 3.05) is 16.8 Å². The molecular formula is C16H22N2O2S. The molecule has 1 atom stereocenters. The van der Waals surface area contributed by atoms with Gasteiger partial charge in [-0.3, -0.25) is 9.59 Å². The zero-order valence-electron chi connectivity index (χ0n) is 12.5. The van der Waals surface area contributed by atoms with Crippen LogP contribution in [0.1, 0.15) is 25.3 Å². The molecule has 0 heterocycles. The summed E-state index contributed by atoms with van der Waals surface area (Å²) in [6.07, 6.45) is 2.43. The molecule has 4 nitrogen and oxygen atoms in total. The van der Waals surface area contributed by atoms with Crippen LogP contribution in [0.3, 0.4) is 0 Å². The fraction of sp³-hybridized carbons (Fsp3) is 0.500. The van der Waals surface area contributed by atoms with E-state index in [1.54, 1.807) is 0 Å². The van der Waals surface area contributed by atoms with E-state index in [1.807, 2.05) is 38.1 Å². The van der Waals surface area contributed by atoms with Crippen LogP contribution in [0.25, 0.3) is 0 Å². The van der Waals surface area contributed by atoms with E-state index in [2.05, 4.69) is 10.6 Å². The normalized spacial score (nSPS) is 15.3. The molecule has 114 valence electrons. The van der Waals surface area contributed by atoms with Gasteiger partial charge in [0.1, 0.15) is 0 Å². The number of hydrogen-bond donors (Lipinski definition) is 2. The van der Waals surface area contributed by atoms with Crippen molar-refractivity contribution in [2.45, 2.75) is 32.7 Å². The van der Waals surface area contributed by atoms with Crippen molar-refractivity contribution in [2.24, 2.45) is 5.92 Å². The SMILES string of the molecule is Cc1ccc(NC(=O)CSCC(=O)NC(C)C2CC2)cc1. The minimum atomic E-state index is -0.0769. The number of amides is 2. The molecule has 0 bridgehead atoms. The van der Waals surface area contributed by atoms with Gasteiger partial charge in [-0.2, -0.15) is 0 Å². The lowest BCUT2D eigenvalue weighted by atomic mass is 10.2. The Balaban J connectivity index is 1.62. The van der Waals surface area contributed by atoms with Gasteiger partial charge < -0.3 is 10.6 Å². The van der Waals surface area contributed by atoms with Crippen LogP contribution in [-0.4, -0.2) is 29.4 Å². The van der Waals surface area contributed by atoms with E-state index in [4.69, 9.17) is 0 Å². The van der Waals surface area contributed by atoms with Gasteiger partial charge in [0.15, 0.2) is 0 Å². The van der Waals surface area contributed by atoms with E-state index in [9.17, 15) is 9.59 Å². The summed E-state index contributed by atoms with van der Waals surface area (Å²) in [6, 6.07) is 7.92. The van der Waals surface area contributed by atoms with Crippen LogP contribution in [0, 0.1) is 12.8 Å². The second kappa shape index (κ2) is 7.50. The number of carbonyl (C=O) groups excluding carboxylic acids is 2. The Morgan fingerprint density at radius 2 is 1.81 bits per heavy atom. The second-order valence-corrected chi connectivity index (χ2v) is 6.59. The molecule has 0 spiro atoms. The number of rotatable bonds is 7. The highest BCUT2D eigenvalue weighted by molar-refractivity contribution is 8.00. The molecule has 1 unspecified atom stereocenters. The number of anilines is 1. The Morgan fingerprint density at radius 1 is 1.19 bits per heavy atom. The minimum absolute atomic E-state index is 0.0162. The maximum atomic E-state index is 11.8. The lowest BCUT2D eigenvalue weighted by Gasteiger charge is -2.12. The predicted octanol–water partition coefficient (Wildman–Crippen LogP) is 2.58. The predicted molar refractivity (Wildman–Crippen MR) is 87.5 cm³/mol. The molecule has 0 saturated heterocycles. The van der Waals surface area contributed by atoms with Gasteiger partial charge >= 0.3 is 0 Å². The first-order valence-corrected chi connectivity index (χ1v) is 8.43. The van der Waals surface area contributed by atoms with Crippen molar-refractivity contribution in [3.05, 3.63) is 29.8 Å². The molecule has 5 heteroatoms. The number of aryl methyl sites for hydroxylation is 1. The van der Waals surface area contributed by atoms with Crippen LogP contribution in [-0.2, 0) is 9.59 Å². The topological polar surface area (TPSA) is 58.2 Å². The van der Waals surface area contributed by atoms with Gasteiger partial charge in [0.25, 0.3) is 0 Å². The number of carbonyl (C=O) groups is 2. The van der Waals surface area contributed by atoms with E-state index in [1.165, 1.54) is 24.6 Å². The summed E-state index contributed by atoms with van der Waals surface area (Å²) < 4.78 is 0. The fourth-order valence-corrected chi connectivity index (χ4v) is 2.71. The lowest BCUT2D eigenvalue weighted by molar-refractivity contribution is -0.119. The van der Waals surface area contributed by atoms with Gasteiger partial charge in [0, 0.05) is 11.7 Å². The Bertz CT molecular complexity index is 498. The monoisotopic (exact) mass is 306 g/mol. The van der Waals surface area contributed by atoms with Crippen LogP contribution in [0.2, 0.25) is 0 Å². The molecule has 0 aliphatic heterocycles. The Labute approximate surface area is 130 Å². The Kier molecular flexibility index (Phi) is 5.67. The summed E-state index contributed by atoms with van der Waals surface area (Å²) >= 11 is 1.34. The van der Waals surface area contributed by atoms with Crippen molar-refractivity contribution >= 4 is 29.3 Å². The molecule has 2 rings (SSSR count). The van der Waals surface area contributed by atoms with Gasteiger partial charge in [-0.15, -0.1) is 11.8 Å². The summed E-state index contributed by atoms with van der Waals surface area (Å²) in [5.74, 6) is 1.22. The van der Waals surface area contributed by atoms with Crippen LogP contribution >= 0.6 is 11.8 Å². The quantitative estimate of drug-likeness (QED) is 0.814. The average molecular weight is 306 g/mol. The summed E-state index contributed by atoms with van der Waals surface area (Å²) in [7, 11) is 0. The number of nitrogens with one attached hydrogen (secondary N) is 2. The van der Waals surface area contributed by atoms with Crippen LogP contribution in [0.15, 0.2) is 24.3 Å². The molecule has 1 saturated carbocycles. The van der Waals surface area contributed by atoms with Crippen LogP contribution < -0.4 is 10.6 Å². The Hall–Kier alpha value is -1.49. The molecule has 1 aromatic rings. The number of thioether (sulfide) groups is 1. The highest BCUT2D eigenvalue weighted by Gasteiger charge is 2.28. The molecular weight excluding hydrogens is 284 g/mol. The summed E-state index contributed by atoms with van der Waals surface area (Å²) in [5.41, 5.74) is 1.95. The van der Waals surface area contributed by atoms with E-state index >= 15 is 0 Å². The molecule has 1 aromatic carbocycles. The molecule has 21 heavy (non-hydrogen) atoms. The summed E-state index contributed by atoms with van der Waals surface area (Å²) in [4.78, 5) is 23.5. The highest BCUT2D eigenvalue weighted by Crippen LogP contribution is 2.32. The zero-order chi connectivity index (χ0) is 15.2. The first kappa shape index (κ1) is 15.9. The molecule has 2 N–H and O–H groups in total. The summed E-state index contributed by atoms with van der Waals surface area (Å²) in [6.45, 7) is 4.05. The van der Waals surface area contributed by atoms with Crippen molar-refractivity contribution in [1.29, 1.82) is 0 Å². The molecule has 0 aromatic heterocycles. The van der Waals surface area contributed by atoms with Gasteiger partial charge in [0.05, 0.1) is 11.5 Å². The highest BCUT2D eigenvalue weighted by atomic mass is 32.2. The van der Waals surface area contributed by atoms with E-state index < -0.39 is 0 Å². The van der Waals surface area contributed by atoms with Gasteiger partial charge in [-0.05, 0) is 44.7 Å². The maximum Gasteiger partial charge on any atom is 0.234 e. The smallest absolute Gasteiger partial charge is 0.234 e. The summed E-state index contributed by atoms with van der Waals surface area (Å²) in [5, 5.41) is 5.80. The molecule has 0 radical (unpaired) electrons. The van der Waals surface area contributed by atoms with Gasteiger partial charge in [-0.1, -0.05) is 17.7 Å². The molecule has 1 aliphatic carbocycles. The third-order valence-corrected chi connectivity index (χ3v) is 4.45. The molecule has 1 aliphatic rings. The van der Waals surface area contributed by atoms with E-state index in [0.29, 0.717) is 17.4 Å². The standard InChI is InChI=1S/C16H22N2O2S/c1-11-3-7-14(8-4-11)18-16(20)10-21-9-15(19)17-12(2)13-5-6-13/h3-4,7-8,12-13H,5-6,9-10H2,1-2H3,(H,17,19)(H,18,20). The largest absolute Gasteiger partial charge is 0.353 e. The second-order valence-electron chi connectivity index (χ2n) is 5.60. The first-order valence-electron chi connectivity index (χ1n) is 7.28. The number of hydrogen-bond acceptors (Lipinski definition) is 3. The van der Waals surface area contributed by atoms with Gasteiger partial charge in [0.2, 0.25) is 11.8 Å². The molecule has 2 amide bonds. The number of benzene rings is 1. The minimum Gasteiger partial charge on any atom is -0.353 e. The molecule has 1 fully saturated rings. The maximum absolute atomic E-state index is 11.8. The first-order chi connectivity index (χ1) is 10.0. The average Bonchev–Trinajstić information content (AvgIpc) is 3.25. The fourth-order valence-electron chi connectivity index (χ4n) is 2.08. The zero-order valence-corrected chi connectivity index (χ0v) is 13.3. The third kappa shape index (κ3) is 5.79. The van der Waals surface area contributed by atoms with Crippen molar-refractivity contribution in [3.8, 4) is 0 Å². The van der Waals surface area contributed by atoms with Crippen molar-refractivity contribution < 1.29 is 9.59 Å². The van der Waals surface area contributed by atoms with E-state index in [0.717, 1.165) is 11.3 Å². The van der Waals surface area contributed by atoms with Crippen LogP contribution in [0.5, 0.6) is 0 Å².